The van der Waals surface area contributed by atoms with Crippen molar-refractivity contribution in [1.82, 2.24) is 6.15 Å². The molecule has 13 N–H and O–H groups in total. The van der Waals surface area contributed by atoms with Crippen molar-refractivity contribution < 1.29 is 55.9 Å². The van der Waals surface area contributed by atoms with E-state index in [0.717, 1.165) is 0 Å². The first-order chi connectivity index (χ1) is 2.00. The van der Waals surface area contributed by atoms with Crippen LogP contribution in [-0.4, -0.2) is 39.4 Å². The Morgan fingerprint density at radius 1 is 0.818 bits per heavy atom. The second-order valence-corrected chi connectivity index (χ2v) is 1.34. The molecule has 82 valence electrons. The number of rotatable bonds is 0. The summed E-state index contributed by atoms with van der Waals surface area (Å²) in [5.74, 6) is 0. The average molecular weight is 246 g/mol. The molecule has 0 radical (unpaired) electrons. The van der Waals surface area contributed by atoms with E-state index < -0.39 is 10.4 Å². The Kier molecular flexibility index (Phi) is 136. The van der Waals surface area contributed by atoms with Gasteiger partial charge in [-0.3, -0.25) is 9.11 Å². The summed E-state index contributed by atoms with van der Waals surface area (Å²) in [6.45, 7) is 0. The van der Waals surface area contributed by atoms with E-state index in [9.17, 15) is 0 Å². The molecule has 0 aliphatic heterocycles. The molecule has 0 aromatic heterocycles. The van der Waals surface area contributed by atoms with Crippen molar-refractivity contribution in [3.05, 3.63) is 0 Å². The van der Waals surface area contributed by atoms with Crippen molar-refractivity contribution in [2.75, 3.05) is 0 Å². The zero-order chi connectivity index (χ0) is 4.50. The van der Waals surface area contributed by atoms with Gasteiger partial charge < -0.3 is 28.1 Å². The number of hydrogen-bond acceptors (Lipinski definition) is 3. The third-order valence-corrected chi connectivity index (χ3v) is 0. The fourth-order valence-corrected chi connectivity index (χ4v) is 0. The molecule has 0 aromatic carbocycles. The zero-order valence-corrected chi connectivity index (χ0v) is 6.95. The van der Waals surface area contributed by atoms with E-state index in [0.29, 0.717) is 0 Å². The minimum atomic E-state index is -4.67. The first-order valence-electron chi connectivity index (χ1n) is 0.698. The Morgan fingerprint density at radius 3 is 0.818 bits per heavy atom. The summed E-state index contributed by atoms with van der Waals surface area (Å²) in [6.07, 6.45) is 0. The van der Waals surface area contributed by atoms with E-state index >= 15 is 0 Å². The molecule has 0 heterocycles. The first-order valence-corrected chi connectivity index (χ1v) is 2.10. The van der Waals surface area contributed by atoms with Gasteiger partial charge in [0.25, 0.3) is 0 Å². The van der Waals surface area contributed by atoms with E-state index in [1.165, 1.54) is 0 Å². The molecule has 11 heteroatoms. The van der Waals surface area contributed by atoms with Crippen molar-refractivity contribution in [1.29, 1.82) is 0 Å². The van der Waals surface area contributed by atoms with Crippen LogP contribution in [0.3, 0.4) is 0 Å². The molecule has 0 saturated carbocycles. The van der Waals surface area contributed by atoms with Crippen LogP contribution in [0.2, 0.25) is 0 Å². The van der Waals surface area contributed by atoms with Gasteiger partial charge >= 0.3 is 10.4 Å². The van der Waals surface area contributed by atoms with Crippen LogP contribution < -0.4 is 6.15 Å². The largest absolute Gasteiger partial charge is 0.412 e. The van der Waals surface area contributed by atoms with E-state index in [4.69, 9.17) is 17.5 Å². The van der Waals surface area contributed by atoms with Gasteiger partial charge in [-0.2, -0.15) is 8.42 Å². The van der Waals surface area contributed by atoms with Gasteiger partial charge in [-0.15, -0.1) is 0 Å². The summed E-state index contributed by atoms with van der Waals surface area (Å²) in [4.78, 5) is 0. The third-order valence-electron chi connectivity index (χ3n) is 0. The quantitative estimate of drug-likeness (QED) is 0.287. The molecule has 0 fully saturated rings. The first kappa shape index (κ1) is 66.5. The van der Waals surface area contributed by atoms with E-state index in [1.807, 2.05) is 0 Å². The van der Waals surface area contributed by atoms with Crippen LogP contribution in [-0.2, 0) is 26.9 Å². The van der Waals surface area contributed by atoms with E-state index in [-0.39, 0.29) is 44.5 Å². The molecule has 0 rings (SSSR count). The molecule has 0 aliphatic rings. The maximum absolute atomic E-state index is 8.74. The van der Waals surface area contributed by atoms with Gasteiger partial charge in [-0.25, -0.2) is 0 Å². The second kappa shape index (κ2) is 22.5. The molecule has 11 heavy (non-hydrogen) atoms. The second-order valence-electron chi connectivity index (χ2n) is 0.448. The van der Waals surface area contributed by atoms with Crippen molar-refractivity contribution >= 4 is 10.4 Å². The van der Waals surface area contributed by atoms with Crippen LogP contribution in [0.15, 0.2) is 0 Å². The van der Waals surface area contributed by atoms with Crippen LogP contribution in [0.25, 0.3) is 0 Å². The molecule has 0 atom stereocenters. The minimum absolute atomic E-state index is 0. The fraction of sp³-hybridized carbons (Fsp3) is 0. The summed E-state index contributed by atoms with van der Waals surface area (Å²) >= 11 is 0. The topological polar surface area (TPSA) is 236 Å². The Labute approximate surface area is 73.1 Å². The SMILES string of the molecule is N.O.O.O.O.O=S(=O)(O)O.[Ni]. The molecule has 0 bridgehead atoms. The van der Waals surface area contributed by atoms with Gasteiger partial charge in [0.2, 0.25) is 0 Å². The maximum atomic E-state index is 8.74. The summed E-state index contributed by atoms with van der Waals surface area (Å²) in [7, 11) is -4.67. The summed E-state index contributed by atoms with van der Waals surface area (Å²) in [6, 6.07) is 0. The smallest absolute Gasteiger partial charge is 0.394 e. The molecule has 0 unspecified atom stereocenters. The van der Waals surface area contributed by atoms with Crippen LogP contribution in [0.1, 0.15) is 0 Å². The Morgan fingerprint density at radius 2 is 0.818 bits per heavy atom. The van der Waals surface area contributed by atoms with Crippen molar-refractivity contribution in [2.45, 2.75) is 0 Å². The Balaban J connectivity index is -0.00000000533. The van der Waals surface area contributed by atoms with Gasteiger partial charge in [0.1, 0.15) is 0 Å². The van der Waals surface area contributed by atoms with Crippen molar-refractivity contribution in [2.24, 2.45) is 0 Å². The maximum Gasteiger partial charge on any atom is 0.394 e. The summed E-state index contributed by atoms with van der Waals surface area (Å²) in [5.41, 5.74) is 0. The molecule has 9 nitrogen and oxygen atoms in total. The molecule has 0 spiro atoms. The van der Waals surface area contributed by atoms with Gasteiger partial charge in [-0.1, -0.05) is 0 Å². The van der Waals surface area contributed by atoms with Crippen LogP contribution in [0.5, 0.6) is 0 Å². The van der Waals surface area contributed by atoms with Gasteiger partial charge in [0, 0.05) is 16.5 Å². The van der Waals surface area contributed by atoms with E-state index in [1.54, 1.807) is 0 Å². The molecular formula is H13NNiO8S. The van der Waals surface area contributed by atoms with Crippen molar-refractivity contribution in [3.63, 3.8) is 0 Å². The monoisotopic (exact) mass is 245 g/mol. The van der Waals surface area contributed by atoms with Crippen LogP contribution >= 0.6 is 0 Å². The van der Waals surface area contributed by atoms with Crippen LogP contribution in [0, 0.1) is 0 Å². The minimum Gasteiger partial charge on any atom is -0.412 e. The zero-order valence-electron chi connectivity index (χ0n) is 5.14. The van der Waals surface area contributed by atoms with Crippen LogP contribution in [0.4, 0.5) is 0 Å². The standard InChI is InChI=1S/H3N.Ni.H2O4S.4H2O/c;;1-5(2,3)4;;;;/h1H3;;(H2,1,2,3,4);4*1H2. The van der Waals surface area contributed by atoms with Crippen molar-refractivity contribution in [3.8, 4) is 0 Å². The molecular weight excluding hydrogens is 233 g/mol. The van der Waals surface area contributed by atoms with E-state index in [2.05, 4.69) is 0 Å². The van der Waals surface area contributed by atoms with Gasteiger partial charge in [0.05, 0.1) is 0 Å². The van der Waals surface area contributed by atoms with Gasteiger partial charge in [-0.05, 0) is 0 Å². The predicted molar refractivity (Wildman–Crippen MR) is 33.7 cm³/mol. The fourth-order valence-electron chi connectivity index (χ4n) is 0. The molecule has 0 saturated heterocycles. The predicted octanol–water partition coefficient (Wildman–Crippen LogP) is -3.79. The molecule has 0 aromatic rings. The Bertz CT molecular complexity index is 97.3. The summed E-state index contributed by atoms with van der Waals surface area (Å²) in [5, 5.41) is 0. The Hall–Kier alpha value is 0.164. The molecule has 0 amide bonds. The average Bonchev–Trinajstić information content (AvgIpc) is 0.722. The normalized spacial score (nSPS) is 5.27. The molecule has 0 aliphatic carbocycles. The van der Waals surface area contributed by atoms with Gasteiger partial charge in [0.15, 0.2) is 0 Å². The summed E-state index contributed by atoms with van der Waals surface area (Å²) < 4.78 is 31.6. The number of hydrogen-bond donors (Lipinski definition) is 3. The third kappa shape index (κ3) is 25300.